The zero-order chi connectivity index (χ0) is 17.7. The number of halogens is 4. The van der Waals surface area contributed by atoms with Crippen LogP contribution in [-0.4, -0.2) is 23.4 Å². The van der Waals surface area contributed by atoms with Gasteiger partial charge in [-0.2, -0.15) is 0 Å². The van der Waals surface area contributed by atoms with Crippen LogP contribution in [0.3, 0.4) is 0 Å². The Bertz CT molecular complexity index is 660. The third kappa shape index (κ3) is 5.31. The van der Waals surface area contributed by atoms with Gasteiger partial charge in [0.25, 0.3) is 0 Å². The molecule has 8 heteroatoms. The Labute approximate surface area is 159 Å². The van der Waals surface area contributed by atoms with Crippen molar-refractivity contribution in [2.75, 3.05) is 13.2 Å². The smallest absolute Gasteiger partial charge is 0.139 e. The van der Waals surface area contributed by atoms with Gasteiger partial charge >= 0.3 is 0 Å². The number of rotatable bonds is 7. The molecule has 2 aromatic rings. The van der Waals surface area contributed by atoms with Crippen molar-refractivity contribution < 1.29 is 19.7 Å². The maximum absolute atomic E-state index is 9.80. The predicted octanol–water partition coefficient (Wildman–Crippen LogP) is 5.44. The molecule has 2 rings (SSSR count). The number of phenolic OH excluding ortho intramolecular Hbond substituents is 2. The van der Waals surface area contributed by atoms with Crippen molar-refractivity contribution >= 4 is 46.4 Å². The van der Waals surface area contributed by atoms with Crippen molar-refractivity contribution in [1.82, 2.24) is 0 Å². The van der Waals surface area contributed by atoms with Gasteiger partial charge in [0.2, 0.25) is 0 Å². The Morgan fingerprint density at radius 3 is 1.42 bits per heavy atom. The lowest BCUT2D eigenvalue weighted by Crippen LogP contribution is -2.05. The minimum atomic E-state index is -0.0551. The van der Waals surface area contributed by atoms with Crippen molar-refractivity contribution in [3.8, 4) is 11.5 Å². The zero-order valence-electron chi connectivity index (χ0n) is 12.4. The van der Waals surface area contributed by atoms with Crippen LogP contribution in [-0.2, 0) is 22.7 Å². The molecule has 0 heterocycles. The molecule has 0 bridgehead atoms. The fourth-order valence-corrected chi connectivity index (χ4v) is 3.01. The highest BCUT2D eigenvalue weighted by Crippen LogP contribution is 2.32. The predicted molar refractivity (Wildman–Crippen MR) is 95.6 cm³/mol. The molecule has 0 aliphatic heterocycles. The van der Waals surface area contributed by atoms with Crippen molar-refractivity contribution in [3.05, 3.63) is 55.5 Å². The lowest BCUT2D eigenvalue weighted by molar-refractivity contribution is 0.0328. The van der Waals surface area contributed by atoms with E-state index in [-0.39, 0.29) is 48.0 Å². The molecule has 24 heavy (non-hydrogen) atoms. The van der Waals surface area contributed by atoms with Gasteiger partial charge in [-0.25, -0.2) is 0 Å². The molecule has 0 aliphatic rings. The lowest BCUT2D eigenvalue weighted by Gasteiger charge is -2.10. The number of benzene rings is 2. The second-order valence-electron chi connectivity index (χ2n) is 4.90. The van der Waals surface area contributed by atoms with E-state index in [1.807, 2.05) is 0 Å². The summed E-state index contributed by atoms with van der Waals surface area (Å²) in [5.41, 5.74) is 0.985. The summed E-state index contributed by atoms with van der Waals surface area (Å²) in [4.78, 5) is 0. The first-order chi connectivity index (χ1) is 11.4. The van der Waals surface area contributed by atoms with E-state index in [0.717, 1.165) is 0 Å². The molecule has 0 aliphatic carbocycles. The molecule has 0 amide bonds. The molecule has 0 atom stereocenters. The van der Waals surface area contributed by atoms with E-state index in [1.165, 1.54) is 12.1 Å². The molecule has 0 fully saturated rings. The SMILES string of the molecule is Oc1c(Cl)cc(Cl)cc1COCCOCc1cc(Cl)cc(Cl)c1O. The Morgan fingerprint density at radius 2 is 1.04 bits per heavy atom. The fourth-order valence-electron chi connectivity index (χ4n) is 1.94. The standard InChI is InChI=1S/C16H14Cl4O4/c17-11-3-9(15(21)13(19)5-11)7-23-1-2-24-8-10-4-12(18)6-14(20)16(10)22/h3-6,21-22H,1-2,7-8H2. The number of hydrogen-bond acceptors (Lipinski definition) is 4. The first-order valence-corrected chi connectivity index (χ1v) is 8.39. The van der Waals surface area contributed by atoms with Gasteiger partial charge in [0, 0.05) is 21.2 Å². The molecule has 0 spiro atoms. The van der Waals surface area contributed by atoms with E-state index in [0.29, 0.717) is 21.2 Å². The van der Waals surface area contributed by atoms with Gasteiger partial charge in [0.05, 0.1) is 36.5 Å². The first kappa shape index (κ1) is 19.4. The second-order valence-corrected chi connectivity index (χ2v) is 6.58. The van der Waals surface area contributed by atoms with E-state index in [2.05, 4.69) is 0 Å². The number of phenols is 2. The Kier molecular flexibility index (Phi) is 7.29. The molecule has 0 saturated heterocycles. The second kappa shape index (κ2) is 8.99. The molecule has 0 radical (unpaired) electrons. The molecule has 2 aromatic carbocycles. The molecule has 130 valence electrons. The van der Waals surface area contributed by atoms with E-state index in [1.54, 1.807) is 12.1 Å². The maximum Gasteiger partial charge on any atom is 0.139 e. The topological polar surface area (TPSA) is 58.9 Å². The summed E-state index contributed by atoms with van der Waals surface area (Å²) in [5, 5.41) is 20.8. The summed E-state index contributed by atoms with van der Waals surface area (Å²) in [6.45, 7) is 0.838. The van der Waals surface area contributed by atoms with Gasteiger partial charge in [-0.15, -0.1) is 0 Å². The molecule has 0 unspecified atom stereocenters. The van der Waals surface area contributed by atoms with Crippen LogP contribution in [0.5, 0.6) is 11.5 Å². The fraction of sp³-hybridized carbons (Fsp3) is 0.250. The average Bonchev–Trinajstić information content (AvgIpc) is 2.51. The van der Waals surface area contributed by atoms with Crippen LogP contribution < -0.4 is 0 Å². The highest BCUT2D eigenvalue weighted by molar-refractivity contribution is 6.36. The summed E-state index contributed by atoms with van der Waals surface area (Å²) < 4.78 is 10.8. The molecule has 0 saturated carbocycles. The largest absolute Gasteiger partial charge is 0.506 e. The summed E-state index contributed by atoms with van der Waals surface area (Å²) in [5.74, 6) is -0.110. The van der Waals surface area contributed by atoms with Crippen LogP contribution >= 0.6 is 46.4 Å². The maximum atomic E-state index is 9.80. The molecular formula is C16H14Cl4O4. The lowest BCUT2D eigenvalue weighted by atomic mass is 10.2. The third-order valence-electron chi connectivity index (χ3n) is 3.10. The van der Waals surface area contributed by atoms with Gasteiger partial charge in [-0.05, 0) is 24.3 Å². The molecular weight excluding hydrogens is 398 g/mol. The van der Waals surface area contributed by atoms with Crippen LogP contribution in [0.15, 0.2) is 24.3 Å². The summed E-state index contributed by atoms with van der Waals surface area (Å²) >= 11 is 23.4. The van der Waals surface area contributed by atoms with Gasteiger partial charge in [-0.1, -0.05) is 46.4 Å². The third-order valence-corrected chi connectivity index (χ3v) is 4.11. The molecule has 4 nitrogen and oxygen atoms in total. The number of ether oxygens (including phenoxy) is 2. The summed E-state index contributed by atoms with van der Waals surface area (Å²) in [7, 11) is 0. The first-order valence-electron chi connectivity index (χ1n) is 6.87. The summed E-state index contributed by atoms with van der Waals surface area (Å²) in [6.07, 6.45) is 0. The van der Waals surface area contributed by atoms with Gasteiger partial charge in [0.1, 0.15) is 11.5 Å². The number of hydrogen-bond donors (Lipinski definition) is 2. The van der Waals surface area contributed by atoms with Crippen LogP contribution in [0.4, 0.5) is 0 Å². The Balaban J connectivity index is 1.77. The zero-order valence-corrected chi connectivity index (χ0v) is 15.4. The monoisotopic (exact) mass is 410 g/mol. The van der Waals surface area contributed by atoms with E-state index >= 15 is 0 Å². The highest BCUT2D eigenvalue weighted by atomic mass is 35.5. The van der Waals surface area contributed by atoms with E-state index in [4.69, 9.17) is 55.9 Å². The van der Waals surface area contributed by atoms with E-state index in [9.17, 15) is 10.2 Å². The Hall–Kier alpha value is -0.880. The normalized spacial score (nSPS) is 11.0. The summed E-state index contributed by atoms with van der Waals surface area (Å²) in [6, 6.07) is 6.06. The van der Waals surface area contributed by atoms with Gasteiger partial charge in [-0.3, -0.25) is 0 Å². The van der Waals surface area contributed by atoms with Crippen molar-refractivity contribution in [2.24, 2.45) is 0 Å². The Morgan fingerprint density at radius 1 is 0.667 bits per heavy atom. The average molecular weight is 412 g/mol. The number of aromatic hydroxyl groups is 2. The highest BCUT2D eigenvalue weighted by Gasteiger charge is 2.09. The van der Waals surface area contributed by atoms with Gasteiger partial charge in [0.15, 0.2) is 0 Å². The van der Waals surface area contributed by atoms with Crippen molar-refractivity contribution in [3.63, 3.8) is 0 Å². The van der Waals surface area contributed by atoms with Crippen LogP contribution in [0.25, 0.3) is 0 Å². The molecule has 2 N–H and O–H groups in total. The van der Waals surface area contributed by atoms with Gasteiger partial charge < -0.3 is 19.7 Å². The van der Waals surface area contributed by atoms with Crippen LogP contribution in [0.1, 0.15) is 11.1 Å². The van der Waals surface area contributed by atoms with E-state index < -0.39 is 0 Å². The van der Waals surface area contributed by atoms with Crippen molar-refractivity contribution in [1.29, 1.82) is 0 Å². The quantitative estimate of drug-likeness (QED) is 0.595. The minimum absolute atomic E-state index is 0.0551. The minimum Gasteiger partial charge on any atom is -0.506 e. The van der Waals surface area contributed by atoms with Crippen LogP contribution in [0.2, 0.25) is 20.1 Å². The van der Waals surface area contributed by atoms with Crippen molar-refractivity contribution in [2.45, 2.75) is 13.2 Å². The molecule has 0 aromatic heterocycles. The van der Waals surface area contributed by atoms with Crippen LogP contribution in [0, 0.1) is 0 Å².